The molecule has 0 bridgehead atoms. The molecule has 2 aromatic carbocycles. The van der Waals surface area contributed by atoms with Crippen molar-refractivity contribution < 1.29 is 4.74 Å². The lowest BCUT2D eigenvalue weighted by Crippen LogP contribution is -2.42. The second-order valence-corrected chi connectivity index (χ2v) is 5.81. The molecule has 0 N–H and O–H groups in total. The van der Waals surface area contributed by atoms with E-state index < -0.39 is 0 Å². The lowest BCUT2D eigenvalue weighted by molar-refractivity contribution is 0.244. The summed E-state index contributed by atoms with van der Waals surface area (Å²) in [5.74, 6) is 1.03. The fourth-order valence-electron chi connectivity index (χ4n) is 2.72. The fraction of sp³-hybridized carbons (Fsp3) is 0.368. The van der Waals surface area contributed by atoms with Crippen molar-refractivity contribution in [3.63, 3.8) is 0 Å². The number of rotatable bonds is 7. The average Bonchev–Trinajstić information content (AvgIpc) is 2.50. The van der Waals surface area contributed by atoms with E-state index in [1.165, 1.54) is 30.1 Å². The molecule has 2 aromatic rings. The summed E-state index contributed by atoms with van der Waals surface area (Å²) in [6.45, 7) is 6.83. The van der Waals surface area contributed by atoms with E-state index in [1.54, 1.807) is 0 Å². The van der Waals surface area contributed by atoms with Crippen LogP contribution in [0.5, 0.6) is 5.75 Å². The minimum Gasteiger partial charge on any atom is -0.492 e. The molecule has 0 saturated carbocycles. The molecule has 2 heteroatoms. The van der Waals surface area contributed by atoms with Crippen LogP contribution in [0.1, 0.15) is 33.6 Å². The van der Waals surface area contributed by atoms with Crippen LogP contribution in [-0.4, -0.2) is 12.8 Å². The maximum Gasteiger partial charge on any atom is 0.214 e. The summed E-state index contributed by atoms with van der Waals surface area (Å²) < 4.78 is 6.03. The molecule has 0 aliphatic carbocycles. The molecular formula is C19H25BO. The molecule has 0 fully saturated rings. The Morgan fingerprint density at radius 1 is 0.952 bits per heavy atom. The van der Waals surface area contributed by atoms with Gasteiger partial charge in [-0.05, 0) is 25.4 Å². The van der Waals surface area contributed by atoms with Crippen LogP contribution in [0.3, 0.4) is 0 Å². The second-order valence-electron chi connectivity index (χ2n) is 5.81. The van der Waals surface area contributed by atoms with Crippen LogP contribution in [0.25, 0.3) is 0 Å². The number of para-hydroxylation sites is 1. The zero-order valence-corrected chi connectivity index (χ0v) is 13.4. The first-order valence-electron chi connectivity index (χ1n) is 8.03. The molecule has 0 amide bonds. The molecule has 0 aliphatic rings. The van der Waals surface area contributed by atoms with Crippen molar-refractivity contribution in [2.45, 2.75) is 46.0 Å². The van der Waals surface area contributed by atoms with Crippen molar-refractivity contribution in [3.8, 4) is 5.75 Å². The van der Waals surface area contributed by atoms with Crippen molar-refractivity contribution in [3.05, 3.63) is 54.6 Å². The summed E-state index contributed by atoms with van der Waals surface area (Å²) >= 11 is 0. The Balaban J connectivity index is 2.37. The standard InChI is InChI=1S/C19H25BO/c1-4-5-15-20(17-11-7-6-8-12-17)18-13-9-10-14-19(18)21-16(2)3/h6-14,16H,4-5,15H2,1-3H3. The SMILES string of the molecule is CCCCB(c1ccccc1)c1ccccc1OC(C)C. The van der Waals surface area contributed by atoms with Gasteiger partial charge in [-0.3, -0.25) is 0 Å². The summed E-state index contributed by atoms with van der Waals surface area (Å²) in [5.41, 5.74) is 2.69. The molecule has 0 heterocycles. The first kappa shape index (κ1) is 15.7. The van der Waals surface area contributed by atoms with Crippen molar-refractivity contribution in [1.29, 1.82) is 0 Å². The van der Waals surface area contributed by atoms with Gasteiger partial charge < -0.3 is 4.74 Å². The Morgan fingerprint density at radius 3 is 2.29 bits per heavy atom. The molecule has 110 valence electrons. The molecule has 21 heavy (non-hydrogen) atoms. The van der Waals surface area contributed by atoms with Crippen LogP contribution in [0.15, 0.2) is 54.6 Å². The second kappa shape index (κ2) is 7.92. The predicted molar refractivity (Wildman–Crippen MR) is 93.4 cm³/mol. The molecule has 0 aromatic heterocycles. The quantitative estimate of drug-likeness (QED) is 0.699. The summed E-state index contributed by atoms with van der Waals surface area (Å²) in [7, 11) is 0. The normalized spacial score (nSPS) is 10.7. The minimum atomic E-state index is 0.203. The smallest absolute Gasteiger partial charge is 0.214 e. The van der Waals surface area contributed by atoms with E-state index >= 15 is 0 Å². The van der Waals surface area contributed by atoms with E-state index in [9.17, 15) is 0 Å². The van der Waals surface area contributed by atoms with Gasteiger partial charge in [-0.15, -0.1) is 0 Å². The van der Waals surface area contributed by atoms with Gasteiger partial charge in [-0.1, -0.05) is 80.1 Å². The zero-order valence-electron chi connectivity index (χ0n) is 13.4. The Labute approximate surface area is 129 Å². The molecule has 2 rings (SSSR count). The van der Waals surface area contributed by atoms with Crippen LogP contribution in [0, 0.1) is 0 Å². The highest BCUT2D eigenvalue weighted by Gasteiger charge is 2.22. The third-order valence-electron chi connectivity index (χ3n) is 3.71. The molecule has 0 aliphatic heterocycles. The number of unbranched alkanes of at least 4 members (excludes halogenated alkanes) is 1. The maximum atomic E-state index is 6.03. The lowest BCUT2D eigenvalue weighted by Gasteiger charge is -2.20. The van der Waals surface area contributed by atoms with Crippen molar-refractivity contribution >= 4 is 17.6 Å². The van der Waals surface area contributed by atoms with Gasteiger partial charge >= 0.3 is 0 Å². The lowest BCUT2D eigenvalue weighted by atomic mass is 9.38. The Hall–Kier alpha value is -1.70. The van der Waals surface area contributed by atoms with Gasteiger partial charge in [0.05, 0.1) is 6.10 Å². The molecule has 0 atom stereocenters. The van der Waals surface area contributed by atoms with Gasteiger partial charge in [0.15, 0.2) is 0 Å². The molecule has 0 spiro atoms. The summed E-state index contributed by atoms with van der Waals surface area (Å²) in [5, 5.41) is 0. The maximum absolute atomic E-state index is 6.03. The first-order chi connectivity index (χ1) is 10.2. The largest absolute Gasteiger partial charge is 0.492 e. The molecule has 0 radical (unpaired) electrons. The number of ether oxygens (including phenoxy) is 1. The minimum absolute atomic E-state index is 0.203. The average molecular weight is 280 g/mol. The van der Waals surface area contributed by atoms with Crippen molar-refractivity contribution in [1.82, 2.24) is 0 Å². The zero-order chi connectivity index (χ0) is 15.1. The molecule has 0 saturated heterocycles. The number of hydrogen-bond acceptors (Lipinski definition) is 1. The highest BCUT2D eigenvalue weighted by molar-refractivity contribution is 6.85. The van der Waals surface area contributed by atoms with Crippen LogP contribution in [0.4, 0.5) is 0 Å². The Kier molecular flexibility index (Phi) is 5.92. The van der Waals surface area contributed by atoms with Gasteiger partial charge in [-0.2, -0.15) is 0 Å². The molecule has 0 unspecified atom stereocenters. The molecular weight excluding hydrogens is 255 g/mol. The highest BCUT2D eigenvalue weighted by atomic mass is 16.5. The van der Waals surface area contributed by atoms with E-state index in [2.05, 4.69) is 75.4 Å². The van der Waals surface area contributed by atoms with Crippen LogP contribution in [-0.2, 0) is 0 Å². The van der Waals surface area contributed by atoms with Gasteiger partial charge in [-0.25, -0.2) is 0 Å². The van der Waals surface area contributed by atoms with Crippen LogP contribution in [0.2, 0.25) is 6.32 Å². The molecule has 1 nitrogen and oxygen atoms in total. The monoisotopic (exact) mass is 280 g/mol. The highest BCUT2D eigenvalue weighted by Crippen LogP contribution is 2.13. The topological polar surface area (TPSA) is 9.23 Å². The summed E-state index contributed by atoms with van der Waals surface area (Å²) in [6.07, 6.45) is 3.82. The van der Waals surface area contributed by atoms with E-state index in [1.807, 2.05) is 0 Å². The predicted octanol–water partition coefficient (Wildman–Crippen LogP) is 3.88. The summed E-state index contributed by atoms with van der Waals surface area (Å²) in [4.78, 5) is 0. The fourth-order valence-corrected chi connectivity index (χ4v) is 2.72. The Bertz CT molecular complexity index is 536. The van der Waals surface area contributed by atoms with Gasteiger partial charge in [0, 0.05) is 0 Å². The number of benzene rings is 2. The van der Waals surface area contributed by atoms with Crippen LogP contribution >= 0.6 is 0 Å². The van der Waals surface area contributed by atoms with Gasteiger partial charge in [0.1, 0.15) is 5.75 Å². The van der Waals surface area contributed by atoms with Crippen LogP contribution < -0.4 is 15.7 Å². The first-order valence-corrected chi connectivity index (χ1v) is 8.03. The van der Waals surface area contributed by atoms with Crippen molar-refractivity contribution in [2.24, 2.45) is 0 Å². The Morgan fingerprint density at radius 2 is 1.62 bits per heavy atom. The third-order valence-corrected chi connectivity index (χ3v) is 3.71. The van der Waals surface area contributed by atoms with E-state index in [4.69, 9.17) is 4.74 Å². The summed E-state index contributed by atoms with van der Waals surface area (Å²) in [6, 6.07) is 19.3. The van der Waals surface area contributed by atoms with E-state index in [-0.39, 0.29) is 6.10 Å². The van der Waals surface area contributed by atoms with E-state index in [0.29, 0.717) is 6.71 Å². The number of hydrogen-bond donors (Lipinski definition) is 0. The van der Waals surface area contributed by atoms with Crippen molar-refractivity contribution in [2.75, 3.05) is 0 Å². The van der Waals surface area contributed by atoms with E-state index in [0.717, 1.165) is 5.75 Å². The van der Waals surface area contributed by atoms with Gasteiger partial charge in [0.2, 0.25) is 6.71 Å². The third kappa shape index (κ3) is 4.39. The van der Waals surface area contributed by atoms with Gasteiger partial charge in [0.25, 0.3) is 0 Å².